The molecule has 0 saturated carbocycles. The SMILES string of the molecule is Nc1cn2nc(OC3CCOCC3)ccc2n1. The van der Waals surface area contributed by atoms with E-state index in [1.807, 2.05) is 12.1 Å². The Morgan fingerprint density at radius 3 is 3.00 bits per heavy atom. The van der Waals surface area contributed by atoms with Crippen LogP contribution in [0.4, 0.5) is 5.82 Å². The van der Waals surface area contributed by atoms with Gasteiger partial charge in [0.15, 0.2) is 5.65 Å². The molecule has 6 nitrogen and oxygen atoms in total. The molecule has 2 N–H and O–H groups in total. The number of ether oxygens (including phenoxy) is 2. The lowest BCUT2D eigenvalue weighted by atomic mass is 10.2. The van der Waals surface area contributed by atoms with Crippen molar-refractivity contribution in [1.82, 2.24) is 14.6 Å². The topological polar surface area (TPSA) is 74.7 Å². The van der Waals surface area contributed by atoms with E-state index in [2.05, 4.69) is 10.1 Å². The van der Waals surface area contributed by atoms with E-state index in [4.69, 9.17) is 15.2 Å². The van der Waals surface area contributed by atoms with E-state index in [1.165, 1.54) is 0 Å². The van der Waals surface area contributed by atoms with Crippen molar-refractivity contribution in [2.75, 3.05) is 18.9 Å². The Kier molecular flexibility index (Phi) is 2.56. The van der Waals surface area contributed by atoms with E-state index >= 15 is 0 Å². The van der Waals surface area contributed by atoms with Gasteiger partial charge in [-0.05, 0) is 6.07 Å². The van der Waals surface area contributed by atoms with Crippen LogP contribution in [0.15, 0.2) is 18.3 Å². The average Bonchev–Trinajstić information content (AvgIpc) is 2.70. The molecule has 1 saturated heterocycles. The molecule has 2 aromatic heterocycles. The third-order valence-electron chi connectivity index (χ3n) is 2.77. The van der Waals surface area contributed by atoms with Gasteiger partial charge >= 0.3 is 0 Å². The third-order valence-corrected chi connectivity index (χ3v) is 2.77. The van der Waals surface area contributed by atoms with Crippen molar-refractivity contribution in [3.05, 3.63) is 18.3 Å². The summed E-state index contributed by atoms with van der Waals surface area (Å²) in [5.74, 6) is 1.06. The Labute approximate surface area is 98.3 Å². The summed E-state index contributed by atoms with van der Waals surface area (Å²) in [6.07, 6.45) is 3.68. The zero-order chi connectivity index (χ0) is 11.7. The Morgan fingerprint density at radius 2 is 2.18 bits per heavy atom. The maximum atomic E-state index is 5.79. The van der Waals surface area contributed by atoms with Crippen LogP contribution in [0, 0.1) is 0 Å². The monoisotopic (exact) mass is 234 g/mol. The summed E-state index contributed by atoms with van der Waals surface area (Å²) in [4.78, 5) is 4.10. The van der Waals surface area contributed by atoms with Crippen LogP contribution in [-0.4, -0.2) is 33.9 Å². The van der Waals surface area contributed by atoms with E-state index in [-0.39, 0.29) is 6.10 Å². The molecule has 0 unspecified atom stereocenters. The smallest absolute Gasteiger partial charge is 0.232 e. The van der Waals surface area contributed by atoms with Crippen LogP contribution in [0.3, 0.4) is 0 Å². The van der Waals surface area contributed by atoms with Crippen molar-refractivity contribution >= 4 is 11.5 Å². The van der Waals surface area contributed by atoms with Crippen molar-refractivity contribution in [1.29, 1.82) is 0 Å². The molecule has 17 heavy (non-hydrogen) atoms. The Hall–Kier alpha value is -1.82. The highest BCUT2D eigenvalue weighted by Gasteiger charge is 2.16. The number of nitrogen functional groups attached to an aromatic ring is 1. The van der Waals surface area contributed by atoms with E-state index < -0.39 is 0 Å². The average molecular weight is 234 g/mol. The molecule has 0 bridgehead atoms. The number of fused-ring (bicyclic) bond motifs is 1. The van der Waals surface area contributed by atoms with Gasteiger partial charge in [-0.3, -0.25) is 0 Å². The fourth-order valence-electron chi connectivity index (χ4n) is 1.91. The molecule has 0 aromatic carbocycles. The molecule has 1 fully saturated rings. The minimum absolute atomic E-state index is 0.189. The first-order chi connectivity index (χ1) is 8.31. The van der Waals surface area contributed by atoms with Gasteiger partial charge in [0.1, 0.15) is 11.9 Å². The van der Waals surface area contributed by atoms with Crippen molar-refractivity contribution < 1.29 is 9.47 Å². The predicted molar refractivity (Wildman–Crippen MR) is 61.9 cm³/mol. The standard InChI is InChI=1S/C11H14N4O2/c12-9-7-15-10(13-9)1-2-11(14-15)17-8-3-5-16-6-4-8/h1-2,7-8H,3-6,12H2. The number of hydrogen-bond acceptors (Lipinski definition) is 5. The largest absolute Gasteiger partial charge is 0.473 e. The minimum Gasteiger partial charge on any atom is -0.473 e. The second-order valence-corrected chi connectivity index (χ2v) is 4.07. The van der Waals surface area contributed by atoms with Gasteiger partial charge in [-0.25, -0.2) is 9.50 Å². The number of anilines is 1. The predicted octanol–water partition coefficient (Wildman–Crippen LogP) is 0.869. The van der Waals surface area contributed by atoms with Gasteiger partial charge in [0.2, 0.25) is 5.88 Å². The molecular weight excluding hydrogens is 220 g/mol. The molecule has 6 heteroatoms. The summed E-state index contributed by atoms with van der Waals surface area (Å²) in [5.41, 5.74) is 6.32. The Morgan fingerprint density at radius 1 is 1.35 bits per heavy atom. The second kappa shape index (κ2) is 4.21. The molecule has 3 rings (SSSR count). The normalized spacial score (nSPS) is 17.4. The lowest BCUT2D eigenvalue weighted by Crippen LogP contribution is -2.26. The van der Waals surface area contributed by atoms with Crippen LogP contribution in [0.1, 0.15) is 12.8 Å². The summed E-state index contributed by atoms with van der Waals surface area (Å²) < 4.78 is 12.7. The van der Waals surface area contributed by atoms with Crippen LogP contribution < -0.4 is 10.5 Å². The van der Waals surface area contributed by atoms with E-state index in [9.17, 15) is 0 Å². The van der Waals surface area contributed by atoms with E-state index in [1.54, 1.807) is 10.7 Å². The summed E-state index contributed by atoms with van der Waals surface area (Å²) >= 11 is 0. The highest BCUT2D eigenvalue weighted by molar-refractivity contribution is 5.45. The molecule has 2 aromatic rings. The Bertz CT molecular complexity index is 519. The molecule has 0 atom stereocenters. The lowest BCUT2D eigenvalue weighted by Gasteiger charge is -2.22. The highest BCUT2D eigenvalue weighted by Crippen LogP contribution is 2.16. The van der Waals surface area contributed by atoms with Crippen LogP contribution in [0.5, 0.6) is 5.88 Å². The van der Waals surface area contributed by atoms with Gasteiger partial charge < -0.3 is 15.2 Å². The number of nitrogens with zero attached hydrogens (tertiary/aromatic N) is 3. The zero-order valence-electron chi connectivity index (χ0n) is 9.37. The maximum absolute atomic E-state index is 5.79. The summed E-state index contributed by atoms with van der Waals surface area (Å²) in [7, 11) is 0. The van der Waals surface area contributed by atoms with Crippen LogP contribution >= 0.6 is 0 Å². The first kappa shape index (κ1) is 10.3. The van der Waals surface area contributed by atoms with Gasteiger partial charge in [-0.15, -0.1) is 5.10 Å². The second-order valence-electron chi connectivity index (χ2n) is 4.07. The van der Waals surface area contributed by atoms with Gasteiger partial charge in [-0.2, -0.15) is 0 Å². The molecule has 90 valence electrons. The summed E-state index contributed by atoms with van der Waals surface area (Å²) in [6, 6.07) is 3.66. The van der Waals surface area contributed by atoms with Crippen molar-refractivity contribution in [3.63, 3.8) is 0 Å². The van der Waals surface area contributed by atoms with Crippen LogP contribution in [0.2, 0.25) is 0 Å². The number of nitrogens with two attached hydrogens (primary N) is 1. The molecule has 0 amide bonds. The highest BCUT2D eigenvalue weighted by atomic mass is 16.5. The molecule has 3 heterocycles. The molecular formula is C11H14N4O2. The fourth-order valence-corrected chi connectivity index (χ4v) is 1.91. The molecule has 0 radical (unpaired) electrons. The molecule has 1 aliphatic heterocycles. The molecule has 0 aliphatic carbocycles. The molecule has 1 aliphatic rings. The van der Waals surface area contributed by atoms with Crippen molar-refractivity contribution in [2.45, 2.75) is 18.9 Å². The van der Waals surface area contributed by atoms with E-state index in [0.29, 0.717) is 11.7 Å². The fraction of sp³-hybridized carbons (Fsp3) is 0.455. The van der Waals surface area contributed by atoms with Crippen LogP contribution in [0.25, 0.3) is 5.65 Å². The van der Waals surface area contributed by atoms with Crippen molar-refractivity contribution in [2.24, 2.45) is 0 Å². The number of imidazole rings is 1. The van der Waals surface area contributed by atoms with Crippen LogP contribution in [-0.2, 0) is 4.74 Å². The third kappa shape index (κ3) is 2.16. The Balaban J connectivity index is 1.79. The number of hydrogen-bond donors (Lipinski definition) is 1. The number of rotatable bonds is 2. The summed E-state index contributed by atoms with van der Waals surface area (Å²) in [6.45, 7) is 1.51. The lowest BCUT2D eigenvalue weighted by molar-refractivity contribution is 0.0232. The van der Waals surface area contributed by atoms with Gasteiger partial charge in [0.25, 0.3) is 0 Å². The first-order valence-corrected chi connectivity index (χ1v) is 5.67. The number of aromatic nitrogens is 3. The summed E-state index contributed by atoms with van der Waals surface area (Å²) in [5, 5.41) is 4.30. The quantitative estimate of drug-likeness (QED) is 0.834. The minimum atomic E-state index is 0.189. The van der Waals surface area contributed by atoms with E-state index in [0.717, 1.165) is 31.7 Å². The first-order valence-electron chi connectivity index (χ1n) is 5.67. The van der Waals surface area contributed by atoms with Gasteiger partial charge in [-0.1, -0.05) is 0 Å². The zero-order valence-corrected chi connectivity index (χ0v) is 9.37. The van der Waals surface area contributed by atoms with Crippen molar-refractivity contribution in [3.8, 4) is 5.88 Å². The van der Waals surface area contributed by atoms with Gasteiger partial charge in [0, 0.05) is 18.9 Å². The maximum Gasteiger partial charge on any atom is 0.232 e. The molecule has 0 spiro atoms. The van der Waals surface area contributed by atoms with Gasteiger partial charge in [0.05, 0.1) is 19.4 Å².